The van der Waals surface area contributed by atoms with Gasteiger partial charge in [-0.05, 0) is 6.32 Å². The maximum atomic E-state index is 10.4. The van der Waals surface area contributed by atoms with Crippen molar-refractivity contribution in [2.75, 3.05) is 7.05 Å². The van der Waals surface area contributed by atoms with Crippen molar-refractivity contribution in [2.45, 2.75) is 12.7 Å². The Hall–Kier alpha value is -0.595. The third-order valence-corrected chi connectivity index (χ3v) is 0.729. The molecule has 0 aromatic carbocycles. The Morgan fingerprint density at radius 2 is 2.50 bits per heavy atom. The molecule has 42 valence electrons. The fourth-order valence-electron chi connectivity index (χ4n) is 0.276. The van der Waals surface area contributed by atoms with Crippen molar-refractivity contribution in [1.29, 1.82) is 0 Å². The van der Waals surface area contributed by atoms with E-state index in [0.29, 0.717) is 6.42 Å². The van der Waals surface area contributed by atoms with Crippen LogP contribution in [0.25, 0.3) is 0 Å². The molecule has 0 saturated carbocycles. The van der Waals surface area contributed by atoms with Gasteiger partial charge >= 0.3 is 0 Å². The van der Waals surface area contributed by atoms with Gasteiger partial charge in [0.05, 0.1) is 7.85 Å². The van der Waals surface area contributed by atoms with Crippen molar-refractivity contribution in [3.63, 3.8) is 0 Å². The Morgan fingerprint density at radius 3 is 2.88 bits per heavy atom. The number of carbonyl (C=O) groups excluding carboxylic acids is 1. The van der Waals surface area contributed by atoms with Gasteiger partial charge in [0.25, 0.3) is 0 Å². The smallest absolute Gasteiger partial charge is 0.129 e. The normalized spacial score (nSPS) is 10.1. The highest BCUT2D eigenvalue weighted by molar-refractivity contribution is 6.21. The first kappa shape index (κ1) is 7.40. The molecule has 0 aromatic rings. The van der Waals surface area contributed by atoms with Crippen LogP contribution in [0, 0.1) is 0 Å². The average molecular weight is 109 g/mol. The number of ketones is 1. The second-order valence-corrected chi connectivity index (χ2v) is 1.39. The lowest BCUT2D eigenvalue weighted by molar-refractivity contribution is -0.115. The molecule has 2 nitrogen and oxygen atoms in total. The van der Waals surface area contributed by atoms with Gasteiger partial charge in [0.15, 0.2) is 0 Å². The van der Waals surface area contributed by atoms with Crippen LogP contribution < -0.4 is 0 Å². The molecule has 0 rings (SSSR count). The summed E-state index contributed by atoms with van der Waals surface area (Å²) < 4.78 is 0. The minimum Gasteiger partial charge on any atom is -0.300 e. The molecule has 0 spiro atoms. The van der Waals surface area contributed by atoms with Crippen LogP contribution in [0.1, 0.15) is 6.42 Å². The summed E-state index contributed by atoms with van der Waals surface area (Å²) in [7, 11) is 6.63. The van der Waals surface area contributed by atoms with Gasteiger partial charge in [0.1, 0.15) is 5.78 Å². The first-order valence-corrected chi connectivity index (χ1v) is 2.43. The predicted octanol–water partition coefficient (Wildman–Crippen LogP) is 0.233. The van der Waals surface area contributed by atoms with Gasteiger partial charge in [-0.3, -0.25) is 0 Å². The lowest BCUT2D eigenvalue weighted by Gasteiger charge is -1.84. The first-order valence-electron chi connectivity index (χ1n) is 2.43. The Labute approximate surface area is 50.4 Å². The van der Waals surface area contributed by atoms with Crippen LogP contribution in [-0.2, 0) is 4.79 Å². The van der Waals surface area contributed by atoms with Crippen LogP contribution in [0.5, 0.6) is 0 Å². The van der Waals surface area contributed by atoms with Gasteiger partial charge in [0.2, 0.25) is 0 Å². The number of hydrogen-bond acceptors (Lipinski definition) is 2. The summed E-state index contributed by atoms with van der Waals surface area (Å²) >= 11 is 0. The Bertz CT molecular complexity index is 101. The van der Waals surface area contributed by atoms with E-state index in [0.717, 1.165) is 0 Å². The Kier molecular flexibility index (Phi) is 4.22. The van der Waals surface area contributed by atoms with E-state index < -0.39 is 0 Å². The number of aliphatic imine (C=N–C) groups is 1. The highest BCUT2D eigenvalue weighted by Crippen LogP contribution is 1.81. The highest BCUT2D eigenvalue weighted by atomic mass is 16.1. The SMILES string of the molecule is [B]CC(=O)CC=NC. The van der Waals surface area contributed by atoms with Crippen LogP contribution in [0.3, 0.4) is 0 Å². The van der Waals surface area contributed by atoms with Crippen LogP contribution in [0.2, 0.25) is 6.32 Å². The Morgan fingerprint density at radius 1 is 1.88 bits per heavy atom. The van der Waals surface area contributed by atoms with E-state index in [1.165, 1.54) is 0 Å². The molecule has 8 heavy (non-hydrogen) atoms. The molecule has 0 amide bonds. The van der Waals surface area contributed by atoms with Crippen molar-refractivity contribution in [1.82, 2.24) is 0 Å². The number of hydrogen-bond donors (Lipinski definition) is 0. The molecule has 0 aliphatic heterocycles. The van der Waals surface area contributed by atoms with Crippen molar-refractivity contribution in [2.24, 2.45) is 4.99 Å². The lowest BCUT2D eigenvalue weighted by Crippen LogP contribution is -1.95. The van der Waals surface area contributed by atoms with E-state index in [1.807, 2.05) is 0 Å². The fourth-order valence-corrected chi connectivity index (χ4v) is 0.276. The maximum Gasteiger partial charge on any atom is 0.129 e. The van der Waals surface area contributed by atoms with E-state index in [2.05, 4.69) is 4.99 Å². The third-order valence-electron chi connectivity index (χ3n) is 0.729. The molecule has 0 unspecified atom stereocenters. The van der Waals surface area contributed by atoms with Gasteiger partial charge in [-0.25, -0.2) is 0 Å². The van der Waals surface area contributed by atoms with Gasteiger partial charge in [-0.2, -0.15) is 0 Å². The van der Waals surface area contributed by atoms with Crippen molar-refractivity contribution in [3.05, 3.63) is 0 Å². The summed E-state index contributed by atoms with van der Waals surface area (Å²) in [4.78, 5) is 14.0. The molecule has 0 aromatic heterocycles. The summed E-state index contributed by atoms with van der Waals surface area (Å²) in [6.45, 7) is 0. The molecule has 0 aliphatic carbocycles. The molecule has 0 saturated heterocycles. The standard InChI is InChI=1S/C5H8BNO/c1-7-3-2-5(8)4-6/h3H,2,4H2,1H3. The summed E-state index contributed by atoms with van der Waals surface area (Å²) in [6.07, 6.45) is 2.04. The molecule has 0 aliphatic rings. The second-order valence-electron chi connectivity index (χ2n) is 1.39. The molecule has 2 radical (unpaired) electrons. The minimum atomic E-state index is 0.0237. The van der Waals surface area contributed by atoms with Crippen LogP contribution >= 0.6 is 0 Å². The zero-order chi connectivity index (χ0) is 6.41. The lowest BCUT2D eigenvalue weighted by atomic mass is 9.99. The minimum absolute atomic E-state index is 0.0237. The topological polar surface area (TPSA) is 29.4 Å². The number of nitrogens with zero attached hydrogens (tertiary/aromatic N) is 1. The Balaban J connectivity index is 3.25. The van der Waals surface area contributed by atoms with Gasteiger partial charge in [0, 0.05) is 19.7 Å². The molecule has 0 heterocycles. The molecule has 0 fully saturated rings. The average Bonchev–Trinajstić information content (AvgIpc) is 1.83. The van der Waals surface area contributed by atoms with Crippen LogP contribution in [0.4, 0.5) is 0 Å². The zero-order valence-corrected chi connectivity index (χ0v) is 4.92. The summed E-state index contributed by atoms with van der Waals surface area (Å²) in [5, 5.41) is 0. The molecule has 3 heteroatoms. The summed E-state index contributed by atoms with van der Waals surface area (Å²) in [5.41, 5.74) is 0. The molecule has 0 atom stereocenters. The largest absolute Gasteiger partial charge is 0.300 e. The van der Waals surface area contributed by atoms with Gasteiger partial charge < -0.3 is 9.79 Å². The van der Waals surface area contributed by atoms with Crippen molar-refractivity contribution in [3.8, 4) is 0 Å². The number of rotatable bonds is 3. The predicted molar refractivity (Wildman–Crippen MR) is 34.6 cm³/mol. The quantitative estimate of drug-likeness (QED) is 0.376. The van der Waals surface area contributed by atoms with E-state index >= 15 is 0 Å². The van der Waals surface area contributed by atoms with E-state index in [-0.39, 0.29) is 12.1 Å². The van der Waals surface area contributed by atoms with Gasteiger partial charge in [-0.1, -0.05) is 0 Å². The first-order chi connectivity index (χ1) is 3.81. The van der Waals surface area contributed by atoms with Crippen LogP contribution in [-0.4, -0.2) is 26.9 Å². The molecule has 0 bridgehead atoms. The molecular formula is C5H8BNO. The van der Waals surface area contributed by atoms with Gasteiger partial charge in [-0.15, -0.1) is 0 Å². The van der Waals surface area contributed by atoms with E-state index in [4.69, 9.17) is 7.85 Å². The zero-order valence-electron chi connectivity index (χ0n) is 4.92. The van der Waals surface area contributed by atoms with Crippen molar-refractivity contribution >= 4 is 19.8 Å². The number of carbonyl (C=O) groups is 1. The maximum absolute atomic E-state index is 10.4. The highest BCUT2D eigenvalue weighted by Gasteiger charge is 1.90. The van der Waals surface area contributed by atoms with Crippen LogP contribution in [0.15, 0.2) is 4.99 Å². The third kappa shape index (κ3) is 3.59. The number of Topliss-reactive ketones (excluding diaryl/α,β-unsaturated/α-hetero) is 1. The van der Waals surface area contributed by atoms with E-state index in [9.17, 15) is 4.79 Å². The second kappa shape index (κ2) is 4.56. The molecule has 0 N–H and O–H groups in total. The fraction of sp³-hybridized carbons (Fsp3) is 0.600. The van der Waals surface area contributed by atoms with E-state index in [1.54, 1.807) is 13.3 Å². The summed E-state index contributed by atoms with van der Waals surface area (Å²) in [5.74, 6) is 0.0237. The van der Waals surface area contributed by atoms with Crippen molar-refractivity contribution < 1.29 is 4.79 Å². The monoisotopic (exact) mass is 109 g/mol. The molecular weight excluding hydrogens is 101 g/mol. The summed E-state index contributed by atoms with van der Waals surface area (Å²) in [6, 6.07) is 0.